The van der Waals surface area contributed by atoms with Crippen molar-refractivity contribution >= 4 is 45.1 Å². The van der Waals surface area contributed by atoms with Crippen LogP contribution in [0.15, 0.2) is 65.5 Å². The lowest BCUT2D eigenvalue weighted by Gasteiger charge is -2.21. The zero-order valence-corrected chi connectivity index (χ0v) is 25.3. The van der Waals surface area contributed by atoms with E-state index < -0.39 is 41.0 Å². The van der Waals surface area contributed by atoms with Crippen LogP contribution in [-0.2, 0) is 33.7 Å². The molecule has 0 saturated carbocycles. The van der Waals surface area contributed by atoms with E-state index >= 15 is 0 Å². The normalized spacial score (nSPS) is 12.7. The standard InChI is InChI=1S/C30H26ClF6N3O5S/c31-21-7-2-1-6-19(21)11-13-38-15-18-5-3-4-17(14-18)10-12-39-16-23(45-27(42)30(35,36)37)20-8-9-22(44-26(41)29(32,33)34)24-25(20)46-28(43)40-24/h1-9,14,23,38-39H,10-13,15-16H2,(H,40,43)/t23-/m0/s1. The van der Waals surface area contributed by atoms with E-state index in [9.17, 15) is 40.7 Å². The SMILES string of the molecule is O=C(Oc1ccc([C@H](CNCCc2cccc(CNCCc3ccccc3Cl)c2)OC(=O)C(F)(F)F)c2sc(=O)[nH]c12)C(F)(F)F. The van der Waals surface area contributed by atoms with Crippen LogP contribution >= 0.6 is 22.9 Å². The van der Waals surface area contributed by atoms with Gasteiger partial charge in [-0.1, -0.05) is 65.4 Å². The number of benzene rings is 3. The number of fused-ring (bicyclic) bond motifs is 1. The number of rotatable bonds is 13. The number of esters is 2. The van der Waals surface area contributed by atoms with Crippen LogP contribution in [0.5, 0.6) is 5.75 Å². The molecule has 0 unspecified atom stereocenters. The summed E-state index contributed by atoms with van der Waals surface area (Å²) in [6.07, 6.45) is -11.1. The van der Waals surface area contributed by atoms with Crippen LogP contribution in [0, 0.1) is 0 Å². The molecule has 0 radical (unpaired) electrons. The van der Waals surface area contributed by atoms with Crippen molar-refractivity contribution in [2.75, 3.05) is 19.6 Å². The van der Waals surface area contributed by atoms with Crippen molar-refractivity contribution in [3.63, 3.8) is 0 Å². The molecule has 1 atom stereocenters. The van der Waals surface area contributed by atoms with Crippen LogP contribution in [0.25, 0.3) is 10.2 Å². The van der Waals surface area contributed by atoms with Gasteiger partial charge in [-0.3, -0.25) is 4.79 Å². The summed E-state index contributed by atoms with van der Waals surface area (Å²) in [4.78, 5) is 36.6. The third-order valence-corrected chi connectivity index (χ3v) is 7.90. The van der Waals surface area contributed by atoms with Crippen molar-refractivity contribution in [1.82, 2.24) is 15.6 Å². The van der Waals surface area contributed by atoms with Gasteiger partial charge in [0, 0.05) is 23.7 Å². The van der Waals surface area contributed by atoms with Crippen LogP contribution < -0.4 is 20.2 Å². The van der Waals surface area contributed by atoms with E-state index in [1.807, 2.05) is 48.5 Å². The number of nitrogens with one attached hydrogen (secondary N) is 3. The minimum Gasteiger partial charge on any atom is -0.449 e. The Morgan fingerprint density at radius 2 is 1.57 bits per heavy atom. The molecule has 0 aliphatic heterocycles. The number of carbonyl (C=O) groups is 2. The minimum atomic E-state index is -5.34. The number of aromatic nitrogens is 1. The predicted molar refractivity (Wildman–Crippen MR) is 159 cm³/mol. The van der Waals surface area contributed by atoms with Gasteiger partial charge in [0.15, 0.2) is 5.75 Å². The number of aromatic amines is 1. The molecule has 3 aromatic carbocycles. The van der Waals surface area contributed by atoms with Gasteiger partial charge in [0.1, 0.15) is 11.6 Å². The second-order valence-electron chi connectivity index (χ2n) is 9.94. The molecule has 46 heavy (non-hydrogen) atoms. The minimum absolute atomic E-state index is 0.111. The first-order chi connectivity index (χ1) is 21.7. The average Bonchev–Trinajstić information content (AvgIpc) is 3.39. The van der Waals surface area contributed by atoms with E-state index in [1.165, 1.54) is 0 Å². The second-order valence-corrected chi connectivity index (χ2v) is 11.3. The molecule has 0 amide bonds. The maximum absolute atomic E-state index is 13.1. The van der Waals surface area contributed by atoms with Crippen molar-refractivity contribution in [2.45, 2.75) is 37.8 Å². The maximum atomic E-state index is 13.1. The topological polar surface area (TPSA) is 110 Å². The molecule has 0 bridgehead atoms. The predicted octanol–water partition coefficient (Wildman–Crippen LogP) is 6.02. The van der Waals surface area contributed by atoms with Crippen molar-refractivity contribution in [1.29, 1.82) is 0 Å². The van der Waals surface area contributed by atoms with Crippen LogP contribution in [0.1, 0.15) is 28.4 Å². The molecule has 0 aliphatic rings. The fourth-order valence-electron chi connectivity index (χ4n) is 4.45. The van der Waals surface area contributed by atoms with Crippen molar-refractivity contribution in [2.24, 2.45) is 0 Å². The molecule has 16 heteroatoms. The molecule has 0 aliphatic carbocycles. The van der Waals surface area contributed by atoms with Gasteiger partial charge >= 0.3 is 29.2 Å². The molecule has 3 N–H and O–H groups in total. The van der Waals surface area contributed by atoms with E-state index in [0.29, 0.717) is 35.9 Å². The highest BCUT2D eigenvalue weighted by Gasteiger charge is 2.43. The lowest BCUT2D eigenvalue weighted by Crippen LogP contribution is -2.32. The first kappa shape index (κ1) is 34.9. The highest BCUT2D eigenvalue weighted by atomic mass is 35.5. The van der Waals surface area contributed by atoms with Crippen LogP contribution in [-0.4, -0.2) is 48.9 Å². The highest BCUT2D eigenvalue weighted by molar-refractivity contribution is 7.16. The van der Waals surface area contributed by atoms with E-state index in [1.54, 1.807) is 0 Å². The molecular formula is C30H26ClF6N3O5S. The monoisotopic (exact) mass is 689 g/mol. The summed E-state index contributed by atoms with van der Waals surface area (Å²) >= 11 is 6.63. The summed E-state index contributed by atoms with van der Waals surface area (Å²) in [5.74, 6) is -5.74. The Bertz CT molecular complexity index is 1740. The van der Waals surface area contributed by atoms with Gasteiger partial charge < -0.3 is 25.1 Å². The second kappa shape index (κ2) is 15.1. The number of carbonyl (C=O) groups excluding carboxylic acids is 2. The zero-order valence-electron chi connectivity index (χ0n) is 23.7. The molecule has 0 fully saturated rings. The van der Waals surface area contributed by atoms with Crippen molar-refractivity contribution in [3.05, 3.63) is 97.6 Å². The van der Waals surface area contributed by atoms with Crippen LogP contribution in [0.3, 0.4) is 0 Å². The Kier molecular flexibility index (Phi) is 11.5. The smallest absolute Gasteiger partial charge is 0.449 e. The molecule has 1 aromatic heterocycles. The molecule has 0 spiro atoms. The molecule has 8 nitrogen and oxygen atoms in total. The summed E-state index contributed by atoms with van der Waals surface area (Å²) in [7, 11) is 0. The van der Waals surface area contributed by atoms with E-state index in [2.05, 4.69) is 20.4 Å². The Morgan fingerprint density at radius 3 is 2.28 bits per heavy atom. The molecule has 246 valence electrons. The highest BCUT2D eigenvalue weighted by Crippen LogP contribution is 2.35. The number of H-pyrrole nitrogens is 1. The Balaban J connectivity index is 1.41. The molecule has 4 aromatic rings. The van der Waals surface area contributed by atoms with Gasteiger partial charge in [0.2, 0.25) is 0 Å². The number of hydrogen-bond donors (Lipinski definition) is 3. The fourth-order valence-corrected chi connectivity index (χ4v) is 5.59. The summed E-state index contributed by atoms with van der Waals surface area (Å²) in [5, 5.41) is 6.98. The Hall–Kier alpha value is -3.92. The molecule has 0 saturated heterocycles. The summed E-state index contributed by atoms with van der Waals surface area (Å²) in [5.41, 5.74) is 2.48. The molecular weight excluding hydrogens is 664 g/mol. The number of ether oxygens (including phenoxy) is 2. The lowest BCUT2D eigenvalue weighted by atomic mass is 10.1. The van der Waals surface area contributed by atoms with Gasteiger partial charge in [0.25, 0.3) is 0 Å². The van der Waals surface area contributed by atoms with Gasteiger partial charge in [-0.25, -0.2) is 9.59 Å². The van der Waals surface area contributed by atoms with Crippen molar-refractivity contribution < 1.29 is 45.4 Å². The van der Waals surface area contributed by atoms with E-state index in [0.717, 1.165) is 35.2 Å². The Morgan fingerprint density at radius 1 is 0.870 bits per heavy atom. The summed E-state index contributed by atoms with van der Waals surface area (Å²) < 4.78 is 86.4. The first-order valence-electron chi connectivity index (χ1n) is 13.7. The molecule has 1 heterocycles. The van der Waals surface area contributed by atoms with E-state index in [-0.39, 0.29) is 28.9 Å². The van der Waals surface area contributed by atoms with Gasteiger partial charge in [-0.05, 0) is 60.8 Å². The third kappa shape index (κ3) is 9.55. The van der Waals surface area contributed by atoms with Crippen LogP contribution in [0.2, 0.25) is 5.02 Å². The molecule has 4 rings (SSSR count). The fraction of sp³-hybridized carbons (Fsp3) is 0.300. The summed E-state index contributed by atoms with van der Waals surface area (Å²) in [6.45, 7) is 1.19. The number of alkyl halides is 6. The van der Waals surface area contributed by atoms with Crippen LogP contribution in [0.4, 0.5) is 26.3 Å². The summed E-state index contributed by atoms with van der Waals surface area (Å²) in [6, 6.07) is 17.1. The number of thiazole rings is 1. The van der Waals surface area contributed by atoms with E-state index in [4.69, 9.17) is 16.3 Å². The Labute approximate surface area is 266 Å². The third-order valence-electron chi connectivity index (χ3n) is 6.60. The zero-order chi connectivity index (χ0) is 33.5. The number of hydrogen-bond acceptors (Lipinski definition) is 8. The van der Waals surface area contributed by atoms with Gasteiger partial charge in [0.05, 0.1) is 4.70 Å². The lowest BCUT2D eigenvalue weighted by molar-refractivity contribution is -0.205. The largest absolute Gasteiger partial charge is 0.491 e. The van der Waals surface area contributed by atoms with Crippen molar-refractivity contribution in [3.8, 4) is 5.75 Å². The first-order valence-corrected chi connectivity index (χ1v) is 14.9. The van der Waals surface area contributed by atoms with Gasteiger partial charge in [-0.15, -0.1) is 0 Å². The maximum Gasteiger partial charge on any atom is 0.491 e. The average molecular weight is 690 g/mol. The number of halogens is 7. The van der Waals surface area contributed by atoms with Gasteiger partial charge in [-0.2, -0.15) is 26.3 Å². The quantitative estimate of drug-likeness (QED) is 0.0682.